The van der Waals surface area contributed by atoms with Gasteiger partial charge in [0.2, 0.25) is 5.91 Å². The van der Waals surface area contributed by atoms with Crippen LogP contribution in [0.5, 0.6) is 0 Å². The maximum absolute atomic E-state index is 12.6. The van der Waals surface area contributed by atoms with E-state index in [1.54, 1.807) is 12.1 Å². The van der Waals surface area contributed by atoms with Gasteiger partial charge in [-0.2, -0.15) is 11.8 Å². The summed E-state index contributed by atoms with van der Waals surface area (Å²) in [7, 11) is 0. The van der Waals surface area contributed by atoms with E-state index in [2.05, 4.69) is 5.32 Å². The summed E-state index contributed by atoms with van der Waals surface area (Å²) in [4.78, 5) is 37.9. The van der Waals surface area contributed by atoms with E-state index < -0.39 is 11.9 Å². The van der Waals surface area contributed by atoms with Crippen molar-refractivity contribution in [1.29, 1.82) is 0 Å². The predicted molar refractivity (Wildman–Crippen MR) is 102 cm³/mol. The Morgan fingerprint density at radius 2 is 1.85 bits per heavy atom. The number of carbonyl (C=O) groups is 3. The Kier molecular flexibility index (Phi) is 5.86. The van der Waals surface area contributed by atoms with Crippen molar-refractivity contribution in [2.45, 2.75) is 26.2 Å². The maximum atomic E-state index is 12.6. The van der Waals surface area contributed by atoms with Gasteiger partial charge in [-0.1, -0.05) is 0 Å². The van der Waals surface area contributed by atoms with Gasteiger partial charge in [-0.05, 0) is 49.9 Å². The smallest absolute Gasteiger partial charge is 0.306 e. The molecule has 0 unspecified atom stereocenters. The minimum atomic E-state index is -0.824. The Morgan fingerprint density at radius 3 is 2.46 bits per heavy atom. The largest absolute Gasteiger partial charge is 0.481 e. The molecule has 2 amide bonds. The van der Waals surface area contributed by atoms with E-state index in [-0.39, 0.29) is 17.7 Å². The highest BCUT2D eigenvalue weighted by Crippen LogP contribution is 2.32. The number of aryl methyl sites for hydroxylation is 1. The number of aliphatic carboxylic acids is 1. The lowest BCUT2D eigenvalue weighted by Gasteiger charge is -2.26. The number of benzene rings is 1. The molecule has 6 nitrogen and oxygen atoms in total. The number of hydrogen-bond acceptors (Lipinski definition) is 4. The molecule has 1 heterocycles. The van der Waals surface area contributed by atoms with E-state index in [1.165, 1.54) is 0 Å². The highest BCUT2D eigenvalue weighted by atomic mass is 32.2. The fourth-order valence-corrected chi connectivity index (χ4v) is 4.47. The second-order valence-electron chi connectivity index (χ2n) is 6.97. The summed E-state index contributed by atoms with van der Waals surface area (Å²) in [5, 5.41) is 12.0. The van der Waals surface area contributed by atoms with Crippen molar-refractivity contribution in [3.05, 3.63) is 29.3 Å². The Labute approximate surface area is 157 Å². The zero-order valence-electron chi connectivity index (χ0n) is 14.9. The summed E-state index contributed by atoms with van der Waals surface area (Å²) in [5.41, 5.74) is 2.15. The molecule has 0 radical (unpaired) electrons. The number of anilines is 1. The molecule has 7 heteroatoms. The van der Waals surface area contributed by atoms with Crippen LogP contribution < -0.4 is 5.32 Å². The van der Waals surface area contributed by atoms with Crippen molar-refractivity contribution in [2.24, 2.45) is 11.8 Å². The number of nitrogens with one attached hydrogen (secondary N) is 1. The first-order valence-electron chi connectivity index (χ1n) is 8.97. The van der Waals surface area contributed by atoms with Crippen LogP contribution in [0.4, 0.5) is 5.69 Å². The third-order valence-corrected chi connectivity index (χ3v) is 6.12. The minimum Gasteiger partial charge on any atom is -0.481 e. The molecule has 2 N–H and O–H groups in total. The highest BCUT2D eigenvalue weighted by molar-refractivity contribution is 7.99. The molecule has 2 atom stereocenters. The Hall–Kier alpha value is -2.02. The summed E-state index contributed by atoms with van der Waals surface area (Å²) < 4.78 is 0. The summed E-state index contributed by atoms with van der Waals surface area (Å²) in [6.45, 7) is 3.41. The van der Waals surface area contributed by atoms with Gasteiger partial charge in [-0.15, -0.1) is 0 Å². The molecular formula is C19H24N2O4S. The fourth-order valence-electron chi connectivity index (χ4n) is 3.56. The molecule has 0 spiro atoms. The average molecular weight is 376 g/mol. The van der Waals surface area contributed by atoms with Crippen LogP contribution in [0.15, 0.2) is 18.2 Å². The monoisotopic (exact) mass is 376 g/mol. The number of rotatable bonds is 4. The molecule has 1 aliphatic carbocycles. The standard InChI is InChI=1S/C19H24N2O4S/c1-12-10-14(18(23)21-6-8-26-9-7-21)4-5-16(12)20-17(22)13-2-3-15(11-13)19(24)25/h4-5,10,13,15H,2-3,6-9,11H2,1H3,(H,20,22)(H,24,25)/t13-,15+/m1/s1. The number of hydrogen-bond donors (Lipinski definition) is 2. The third kappa shape index (κ3) is 4.20. The van der Waals surface area contributed by atoms with Crippen LogP contribution in [0.3, 0.4) is 0 Å². The van der Waals surface area contributed by atoms with Gasteiger partial charge in [0.05, 0.1) is 5.92 Å². The van der Waals surface area contributed by atoms with Gasteiger partial charge in [0.15, 0.2) is 0 Å². The van der Waals surface area contributed by atoms with E-state index in [0.29, 0.717) is 30.5 Å². The number of nitrogens with zero attached hydrogens (tertiary/aromatic N) is 1. The molecule has 1 aromatic carbocycles. The van der Waals surface area contributed by atoms with E-state index >= 15 is 0 Å². The fraction of sp³-hybridized carbons (Fsp3) is 0.526. The summed E-state index contributed by atoms with van der Waals surface area (Å²) >= 11 is 1.86. The Morgan fingerprint density at radius 1 is 1.15 bits per heavy atom. The Bertz CT molecular complexity index is 715. The number of carboxylic acids is 1. The number of thioether (sulfide) groups is 1. The molecule has 2 aliphatic rings. The van der Waals surface area contributed by atoms with Crippen molar-refractivity contribution in [3.63, 3.8) is 0 Å². The maximum Gasteiger partial charge on any atom is 0.306 e. The first kappa shape index (κ1) is 18.8. The van der Waals surface area contributed by atoms with Crippen molar-refractivity contribution in [3.8, 4) is 0 Å². The summed E-state index contributed by atoms with van der Waals surface area (Å²) in [5.74, 6) is 0.331. The van der Waals surface area contributed by atoms with Crippen molar-refractivity contribution in [1.82, 2.24) is 4.90 Å². The number of amides is 2. The molecule has 140 valence electrons. The molecule has 1 saturated heterocycles. The molecule has 0 aromatic heterocycles. The topological polar surface area (TPSA) is 86.7 Å². The molecule has 1 aromatic rings. The lowest BCUT2D eigenvalue weighted by molar-refractivity contribution is -0.141. The van der Waals surface area contributed by atoms with Gasteiger partial charge in [0, 0.05) is 41.8 Å². The average Bonchev–Trinajstić information content (AvgIpc) is 3.14. The second-order valence-corrected chi connectivity index (χ2v) is 8.19. The molecule has 1 aliphatic heterocycles. The summed E-state index contributed by atoms with van der Waals surface area (Å²) in [6.07, 6.45) is 1.54. The predicted octanol–water partition coefficient (Wildman–Crippen LogP) is 2.62. The van der Waals surface area contributed by atoms with Crippen LogP contribution in [-0.2, 0) is 9.59 Å². The lowest BCUT2D eigenvalue weighted by Crippen LogP contribution is -2.37. The zero-order chi connectivity index (χ0) is 18.7. The second kappa shape index (κ2) is 8.12. The van der Waals surface area contributed by atoms with E-state index in [4.69, 9.17) is 5.11 Å². The van der Waals surface area contributed by atoms with Gasteiger partial charge in [0.1, 0.15) is 0 Å². The van der Waals surface area contributed by atoms with Crippen molar-refractivity contribution < 1.29 is 19.5 Å². The third-order valence-electron chi connectivity index (χ3n) is 5.18. The number of carbonyl (C=O) groups excluding carboxylic acids is 2. The minimum absolute atomic E-state index is 0.0337. The molecule has 2 fully saturated rings. The van der Waals surface area contributed by atoms with E-state index in [1.807, 2.05) is 29.7 Å². The van der Waals surface area contributed by atoms with Gasteiger partial charge in [0.25, 0.3) is 5.91 Å². The van der Waals surface area contributed by atoms with Crippen LogP contribution in [0.2, 0.25) is 0 Å². The van der Waals surface area contributed by atoms with Crippen LogP contribution >= 0.6 is 11.8 Å². The number of carboxylic acid groups (broad SMARTS) is 1. The van der Waals surface area contributed by atoms with Gasteiger partial charge < -0.3 is 15.3 Å². The van der Waals surface area contributed by atoms with Gasteiger partial charge in [-0.25, -0.2) is 0 Å². The molecule has 1 saturated carbocycles. The normalized spacial score (nSPS) is 22.9. The van der Waals surface area contributed by atoms with Gasteiger partial charge >= 0.3 is 5.97 Å². The molecule has 26 heavy (non-hydrogen) atoms. The van der Waals surface area contributed by atoms with Crippen LogP contribution in [0, 0.1) is 18.8 Å². The first-order valence-corrected chi connectivity index (χ1v) is 10.1. The van der Waals surface area contributed by atoms with Crippen molar-refractivity contribution in [2.75, 3.05) is 29.9 Å². The first-order chi connectivity index (χ1) is 12.5. The van der Waals surface area contributed by atoms with Crippen molar-refractivity contribution >= 4 is 35.2 Å². The molecular weight excluding hydrogens is 352 g/mol. The SMILES string of the molecule is Cc1cc(C(=O)N2CCSCC2)ccc1NC(=O)[C@@H]1CC[C@H](C(=O)O)C1. The Balaban J connectivity index is 1.63. The zero-order valence-corrected chi connectivity index (χ0v) is 15.7. The van der Waals surface area contributed by atoms with Crippen LogP contribution in [0.1, 0.15) is 35.2 Å². The quantitative estimate of drug-likeness (QED) is 0.844. The van der Waals surface area contributed by atoms with Crippen LogP contribution in [0.25, 0.3) is 0 Å². The lowest BCUT2D eigenvalue weighted by atomic mass is 10.0. The molecule has 3 rings (SSSR count). The van der Waals surface area contributed by atoms with Crippen LogP contribution in [-0.4, -0.2) is 52.4 Å². The van der Waals surface area contributed by atoms with E-state index in [9.17, 15) is 14.4 Å². The van der Waals surface area contributed by atoms with Gasteiger partial charge in [-0.3, -0.25) is 14.4 Å². The molecule has 0 bridgehead atoms. The van der Waals surface area contributed by atoms with E-state index in [0.717, 1.165) is 30.2 Å². The highest BCUT2D eigenvalue weighted by Gasteiger charge is 2.34. The summed E-state index contributed by atoms with van der Waals surface area (Å²) in [6, 6.07) is 5.33.